The number of pyridine rings is 2. The lowest BCUT2D eigenvalue weighted by Crippen LogP contribution is -2.17. The van der Waals surface area contributed by atoms with Gasteiger partial charge in [-0.25, -0.2) is 9.97 Å². The van der Waals surface area contributed by atoms with Crippen molar-refractivity contribution in [2.24, 2.45) is 7.05 Å². The van der Waals surface area contributed by atoms with Crippen molar-refractivity contribution >= 4 is 54.5 Å². The molecule has 8 aromatic rings. The molecule has 1 N–H and O–H groups in total. The lowest BCUT2D eigenvalue weighted by atomic mass is 10.2. The molecule has 4 heterocycles. The Hall–Kier alpha value is -5.74. The van der Waals surface area contributed by atoms with E-state index in [0.29, 0.717) is 22.5 Å². The van der Waals surface area contributed by atoms with Gasteiger partial charge in [0.15, 0.2) is 11.1 Å². The number of aromatic amines is 1. The van der Waals surface area contributed by atoms with E-state index in [1.165, 1.54) is 11.3 Å². The number of H-pyrrole nitrogens is 1. The number of aryl methyl sites for hydroxylation is 1. The minimum atomic E-state index is -0.165. The Bertz CT molecular complexity index is 2460. The van der Waals surface area contributed by atoms with Crippen molar-refractivity contribution in [1.29, 1.82) is 0 Å². The predicted octanol–water partition coefficient (Wildman–Crippen LogP) is 7.17. The number of rotatable bonds is 4. The zero-order valence-electron chi connectivity index (χ0n) is 24.5. The number of hydrogen-bond donors (Lipinski definition) is 1. The summed E-state index contributed by atoms with van der Waals surface area (Å²) in [4.78, 5) is 36.5. The van der Waals surface area contributed by atoms with E-state index in [4.69, 9.17) is 13.9 Å². The molecule has 0 bridgehead atoms. The van der Waals surface area contributed by atoms with E-state index in [0.717, 1.165) is 54.1 Å². The first-order valence-corrected chi connectivity index (χ1v) is 14.9. The third-order valence-corrected chi connectivity index (χ3v) is 8.72. The van der Waals surface area contributed by atoms with Gasteiger partial charge in [-0.05, 0) is 66.7 Å². The Balaban J connectivity index is 0.000000145. The van der Waals surface area contributed by atoms with E-state index < -0.39 is 0 Å². The Kier molecular flexibility index (Phi) is 7.11. The summed E-state index contributed by atoms with van der Waals surface area (Å²) in [5, 5.41) is 2.73. The molecule has 0 unspecified atom stereocenters. The standard InChI is InChI=1S/C18H14N2O3.C17H12N2O2S/c1-20-14-6-4-3-5-13(14)16-15(18(20)21)19-17(23-16)11-7-9-12(22-2)10-8-11;1-21-11-8-6-10(7-9-11)17-19-14-15(22-17)12-4-2-3-5-13(12)18-16(14)20/h3-10H,1-2H3;2-9H,1H3,(H,18,20). The first-order valence-electron chi connectivity index (χ1n) is 14.0. The largest absolute Gasteiger partial charge is 0.497 e. The molecule has 8 rings (SSSR count). The molecule has 0 amide bonds. The minimum absolute atomic E-state index is 0.148. The first-order chi connectivity index (χ1) is 21.9. The molecule has 0 spiro atoms. The molecule has 0 aliphatic carbocycles. The monoisotopic (exact) mass is 614 g/mol. The smallest absolute Gasteiger partial charge is 0.280 e. The quantitative estimate of drug-likeness (QED) is 0.224. The molecule has 222 valence electrons. The number of fused-ring (bicyclic) bond motifs is 6. The molecule has 9 nitrogen and oxygen atoms in total. The van der Waals surface area contributed by atoms with Crippen LogP contribution >= 0.6 is 11.3 Å². The van der Waals surface area contributed by atoms with Crippen molar-refractivity contribution < 1.29 is 13.9 Å². The third kappa shape index (κ3) is 5.00. The number of methoxy groups -OCH3 is 2. The zero-order chi connectivity index (χ0) is 31.1. The number of para-hydroxylation sites is 2. The topological polar surface area (TPSA) is 112 Å². The number of ether oxygens (including phenoxy) is 2. The van der Waals surface area contributed by atoms with Gasteiger partial charge in [0.1, 0.15) is 22.0 Å². The van der Waals surface area contributed by atoms with Crippen molar-refractivity contribution in [2.75, 3.05) is 14.2 Å². The highest BCUT2D eigenvalue weighted by Gasteiger charge is 2.17. The van der Waals surface area contributed by atoms with E-state index in [1.54, 1.807) is 25.8 Å². The highest BCUT2D eigenvalue weighted by Crippen LogP contribution is 2.33. The fraction of sp³-hybridized carbons (Fsp3) is 0.0857. The second kappa shape index (κ2) is 11.4. The summed E-state index contributed by atoms with van der Waals surface area (Å²) in [5.74, 6) is 1.98. The van der Waals surface area contributed by atoms with Crippen molar-refractivity contribution in [1.82, 2.24) is 19.5 Å². The average Bonchev–Trinajstić information content (AvgIpc) is 3.75. The van der Waals surface area contributed by atoms with Crippen molar-refractivity contribution in [3.63, 3.8) is 0 Å². The van der Waals surface area contributed by atoms with Gasteiger partial charge in [0.05, 0.1) is 24.4 Å². The molecular formula is C35H26N4O5S. The van der Waals surface area contributed by atoms with Gasteiger partial charge < -0.3 is 23.4 Å². The van der Waals surface area contributed by atoms with Gasteiger partial charge in [-0.15, -0.1) is 11.3 Å². The molecule has 0 saturated heterocycles. The Morgan fingerprint density at radius 3 is 2.04 bits per heavy atom. The van der Waals surface area contributed by atoms with E-state index in [9.17, 15) is 9.59 Å². The Labute approximate surface area is 260 Å². The van der Waals surface area contributed by atoms with Crippen molar-refractivity contribution in [3.8, 4) is 33.5 Å². The van der Waals surface area contributed by atoms with Crippen molar-refractivity contribution in [3.05, 3.63) is 118 Å². The number of thiazole rings is 1. The van der Waals surface area contributed by atoms with Crippen molar-refractivity contribution in [2.45, 2.75) is 0 Å². The summed E-state index contributed by atoms with van der Waals surface area (Å²) in [6.45, 7) is 0. The van der Waals surface area contributed by atoms with E-state index in [1.807, 2.05) is 97.1 Å². The van der Waals surface area contributed by atoms with Crippen LogP contribution in [0.5, 0.6) is 11.5 Å². The maximum atomic E-state index is 12.5. The highest BCUT2D eigenvalue weighted by molar-refractivity contribution is 7.22. The van der Waals surface area contributed by atoms with Gasteiger partial charge >= 0.3 is 0 Å². The number of oxazole rings is 1. The van der Waals surface area contributed by atoms with Crippen LogP contribution < -0.4 is 20.6 Å². The summed E-state index contributed by atoms with van der Waals surface area (Å²) in [5.41, 5.74) is 4.49. The van der Waals surface area contributed by atoms with Crippen LogP contribution in [0.4, 0.5) is 0 Å². The molecule has 0 saturated carbocycles. The number of hydrogen-bond acceptors (Lipinski definition) is 8. The van der Waals surface area contributed by atoms with Crippen LogP contribution in [-0.4, -0.2) is 33.7 Å². The first kappa shape index (κ1) is 28.1. The molecule has 45 heavy (non-hydrogen) atoms. The zero-order valence-corrected chi connectivity index (χ0v) is 25.3. The summed E-state index contributed by atoms with van der Waals surface area (Å²) in [6.07, 6.45) is 0. The van der Waals surface area contributed by atoms with Crippen LogP contribution in [0.15, 0.2) is 111 Å². The summed E-state index contributed by atoms with van der Waals surface area (Å²) >= 11 is 1.54. The molecule has 10 heteroatoms. The van der Waals surface area contributed by atoms with Gasteiger partial charge in [0, 0.05) is 34.5 Å². The summed E-state index contributed by atoms with van der Waals surface area (Å²) in [6, 6.07) is 30.5. The molecule has 0 fully saturated rings. The fourth-order valence-electron chi connectivity index (χ4n) is 5.22. The molecule has 0 aliphatic rings. The molecule has 0 atom stereocenters. The molecule has 4 aromatic heterocycles. The average molecular weight is 615 g/mol. The van der Waals surface area contributed by atoms with Gasteiger partial charge in [-0.2, -0.15) is 0 Å². The lowest BCUT2D eigenvalue weighted by molar-refractivity contribution is 0.414. The van der Waals surface area contributed by atoms with Gasteiger partial charge in [-0.1, -0.05) is 30.3 Å². The second-order valence-electron chi connectivity index (χ2n) is 10.2. The maximum Gasteiger partial charge on any atom is 0.280 e. The minimum Gasteiger partial charge on any atom is -0.497 e. The van der Waals surface area contributed by atoms with Crippen LogP contribution in [-0.2, 0) is 7.05 Å². The Morgan fingerprint density at radius 1 is 0.733 bits per heavy atom. The van der Waals surface area contributed by atoms with E-state index in [2.05, 4.69) is 15.0 Å². The van der Waals surface area contributed by atoms with Crippen LogP contribution in [0.3, 0.4) is 0 Å². The summed E-state index contributed by atoms with van der Waals surface area (Å²) < 4.78 is 18.7. The Morgan fingerprint density at radius 2 is 1.36 bits per heavy atom. The molecule has 0 radical (unpaired) electrons. The SMILES string of the molecule is COc1ccc(-c2nc3c(=O)[nH]c4ccccc4c3s2)cc1.COc1ccc(-c2nc3c(=O)n(C)c4ccccc4c3o2)cc1. The maximum absolute atomic E-state index is 12.5. The normalized spacial score (nSPS) is 11.2. The van der Waals surface area contributed by atoms with Crippen LogP contribution in [0.2, 0.25) is 0 Å². The molecule has 4 aromatic carbocycles. The van der Waals surface area contributed by atoms with Crippen LogP contribution in [0, 0.1) is 0 Å². The highest BCUT2D eigenvalue weighted by atomic mass is 32.1. The number of nitrogens with one attached hydrogen (secondary N) is 1. The number of nitrogens with zero attached hydrogens (tertiary/aromatic N) is 3. The van der Waals surface area contributed by atoms with Gasteiger partial charge in [-0.3, -0.25) is 9.59 Å². The second-order valence-corrected chi connectivity index (χ2v) is 11.2. The van der Waals surface area contributed by atoms with E-state index in [-0.39, 0.29) is 11.1 Å². The summed E-state index contributed by atoms with van der Waals surface area (Å²) in [7, 11) is 4.99. The third-order valence-electron chi connectivity index (χ3n) is 7.58. The van der Waals surface area contributed by atoms with Gasteiger partial charge in [0.25, 0.3) is 11.1 Å². The molecule has 0 aliphatic heterocycles. The molecular weight excluding hydrogens is 588 g/mol. The van der Waals surface area contributed by atoms with Crippen LogP contribution in [0.1, 0.15) is 0 Å². The van der Waals surface area contributed by atoms with E-state index >= 15 is 0 Å². The number of benzene rings is 4. The fourth-order valence-corrected chi connectivity index (χ4v) is 6.32. The number of aromatic nitrogens is 4. The van der Waals surface area contributed by atoms with Gasteiger partial charge in [0.2, 0.25) is 5.89 Å². The van der Waals surface area contributed by atoms with Crippen LogP contribution in [0.25, 0.3) is 65.1 Å². The predicted molar refractivity (Wildman–Crippen MR) is 178 cm³/mol. The lowest BCUT2D eigenvalue weighted by Gasteiger charge is -2.03.